The Balaban J connectivity index is 1.90. The van der Waals surface area contributed by atoms with E-state index in [9.17, 15) is 0 Å². The molecule has 1 aliphatic heterocycles. The van der Waals surface area contributed by atoms with Crippen molar-refractivity contribution >= 4 is 5.96 Å². The topological polar surface area (TPSA) is 46.1 Å². The highest BCUT2D eigenvalue weighted by atomic mass is 16.5. The molecule has 1 aliphatic rings. The number of benzene rings is 1. The van der Waals surface area contributed by atoms with Crippen LogP contribution in [0, 0.1) is 5.92 Å². The van der Waals surface area contributed by atoms with Crippen molar-refractivity contribution in [1.29, 1.82) is 0 Å². The van der Waals surface area contributed by atoms with Crippen LogP contribution in [0.5, 0.6) is 5.75 Å². The average Bonchev–Trinajstić information content (AvgIpc) is 2.61. The van der Waals surface area contributed by atoms with Crippen molar-refractivity contribution in [3.05, 3.63) is 29.8 Å². The van der Waals surface area contributed by atoms with Crippen LogP contribution < -0.4 is 10.1 Å². The highest BCUT2D eigenvalue weighted by Gasteiger charge is 2.18. The van der Waals surface area contributed by atoms with E-state index in [0.29, 0.717) is 19.8 Å². The molecule has 0 amide bonds. The van der Waals surface area contributed by atoms with Gasteiger partial charge in [-0.3, -0.25) is 0 Å². The van der Waals surface area contributed by atoms with Crippen molar-refractivity contribution in [2.45, 2.75) is 33.2 Å². The van der Waals surface area contributed by atoms with E-state index < -0.39 is 0 Å². The Morgan fingerprint density at radius 1 is 1.21 bits per heavy atom. The number of nitrogens with one attached hydrogen (secondary N) is 1. The van der Waals surface area contributed by atoms with E-state index in [4.69, 9.17) is 14.5 Å². The predicted octanol–water partition coefficient (Wildman–Crippen LogP) is 2.91. The molecule has 1 fully saturated rings. The van der Waals surface area contributed by atoms with E-state index in [-0.39, 0.29) is 0 Å². The molecule has 134 valence electrons. The van der Waals surface area contributed by atoms with Crippen molar-refractivity contribution in [2.24, 2.45) is 10.9 Å². The first kappa shape index (κ1) is 18.6. The molecule has 0 spiro atoms. The molecule has 0 unspecified atom stereocenters. The highest BCUT2D eigenvalue weighted by molar-refractivity contribution is 5.80. The lowest BCUT2D eigenvalue weighted by molar-refractivity contribution is 0.146. The third-order valence-electron chi connectivity index (χ3n) is 4.31. The number of methoxy groups -OCH3 is 1. The minimum absolute atomic E-state index is 0.575. The van der Waals surface area contributed by atoms with Crippen molar-refractivity contribution in [1.82, 2.24) is 10.2 Å². The lowest BCUT2D eigenvalue weighted by Crippen LogP contribution is -2.45. The number of guanidine groups is 1. The number of hydrogen-bond acceptors (Lipinski definition) is 3. The molecule has 0 atom stereocenters. The molecular weight excluding hydrogens is 302 g/mol. The molecule has 5 nitrogen and oxygen atoms in total. The standard InChI is InChI=1S/C19H31N3O2/c1-4-20-19(22-11-9-16(2)10-12-22)21-15-17-5-7-18(8-6-17)24-14-13-23-3/h5-8,16H,4,9-15H2,1-3H3,(H,20,21). The summed E-state index contributed by atoms with van der Waals surface area (Å²) in [7, 11) is 1.68. The second kappa shape index (κ2) is 10.2. The molecule has 0 radical (unpaired) electrons. The average molecular weight is 333 g/mol. The van der Waals surface area contributed by atoms with E-state index in [0.717, 1.165) is 37.3 Å². The van der Waals surface area contributed by atoms with Gasteiger partial charge in [0.2, 0.25) is 0 Å². The summed E-state index contributed by atoms with van der Waals surface area (Å²) in [6, 6.07) is 8.15. The largest absolute Gasteiger partial charge is 0.491 e. The van der Waals surface area contributed by atoms with Crippen LogP contribution in [0.2, 0.25) is 0 Å². The van der Waals surface area contributed by atoms with Crippen LogP contribution in [0.25, 0.3) is 0 Å². The first-order valence-corrected chi connectivity index (χ1v) is 8.97. The Morgan fingerprint density at radius 2 is 1.92 bits per heavy atom. The normalized spacial score (nSPS) is 16.3. The van der Waals surface area contributed by atoms with Gasteiger partial charge in [0.1, 0.15) is 12.4 Å². The second-order valence-corrected chi connectivity index (χ2v) is 6.32. The zero-order valence-electron chi connectivity index (χ0n) is 15.3. The number of piperidine rings is 1. The lowest BCUT2D eigenvalue weighted by atomic mass is 10.00. The van der Waals surface area contributed by atoms with E-state index in [1.165, 1.54) is 18.4 Å². The lowest BCUT2D eigenvalue weighted by Gasteiger charge is -2.33. The first-order valence-electron chi connectivity index (χ1n) is 8.97. The summed E-state index contributed by atoms with van der Waals surface area (Å²) in [6.07, 6.45) is 2.50. The van der Waals surface area contributed by atoms with Crippen LogP contribution in [-0.4, -0.2) is 50.8 Å². The summed E-state index contributed by atoms with van der Waals surface area (Å²) in [4.78, 5) is 7.19. The molecule has 1 aromatic rings. The van der Waals surface area contributed by atoms with Gasteiger partial charge in [0.05, 0.1) is 13.2 Å². The number of aliphatic imine (C=N–C) groups is 1. The fourth-order valence-electron chi connectivity index (χ4n) is 2.75. The Hall–Kier alpha value is -1.75. The number of hydrogen-bond donors (Lipinski definition) is 1. The van der Waals surface area contributed by atoms with Gasteiger partial charge in [-0.05, 0) is 43.4 Å². The third kappa shape index (κ3) is 6.04. The Morgan fingerprint density at radius 3 is 2.54 bits per heavy atom. The third-order valence-corrected chi connectivity index (χ3v) is 4.31. The van der Waals surface area contributed by atoms with Crippen LogP contribution >= 0.6 is 0 Å². The SMILES string of the molecule is CCNC(=NCc1ccc(OCCOC)cc1)N1CCC(C)CC1. The van der Waals surface area contributed by atoms with Gasteiger partial charge in [-0.15, -0.1) is 0 Å². The molecule has 0 saturated carbocycles. The fraction of sp³-hybridized carbons (Fsp3) is 0.632. The van der Waals surface area contributed by atoms with Gasteiger partial charge in [0, 0.05) is 26.7 Å². The summed E-state index contributed by atoms with van der Waals surface area (Å²) in [5, 5.41) is 3.42. The molecule has 5 heteroatoms. The molecule has 1 heterocycles. The molecular formula is C19H31N3O2. The zero-order valence-corrected chi connectivity index (χ0v) is 15.3. The van der Waals surface area contributed by atoms with E-state index in [2.05, 4.69) is 36.2 Å². The van der Waals surface area contributed by atoms with Gasteiger partial charge in [0.25, 0.3) is 0 Å². The molecule has 0 aromatic heterocycles. The maximum atomic E-state index is 5.59. The van der Waals surface area contributed by atoms with Crippen LogP contribution in [0.3, 0.4) is 0 Å². The maximum absolute atomic E-state index is 5.59. The summed E-state index contributed by atoms with van der Waals surface area (Å²) < 4.78 is 10.6. The number of rotatable bonds is 7. The van der Waals surface area contributed by atoms with Crippen molar-refractivity contribution in [3.63, 3.8) is 0 Å². The summed E-state index contributed by atoms with van der Waals surface area (Å²) in [5.41, 5.74) is 1.19. The van der Waals surface area contributed by atoms with Crippen LogP contribution in [0.15, 0.2) is 29.3 Å². The summed E-state index contributed by atoms with van der Waals surface area (Å²) in [6.45, 7) is 9.41. The van der Waals surface area contributed by atoms with Gasteiger partial charge in [0.15, 0.2) is 5.96 Å². The van der Waals surface area contributed by atoms with Crippen LogP contribution in [0.4, 0.5) is 0 Å². The summed E-state index contributed by atoms with van der Waals surface area (Å²) in [5.74, 6) is 2.73. The van der Waals surface area contributed by atoms with Crippen LogP contribution in [-0.2, 0) is 11.3 Å². The Kier molecular flexibility index (Phi) is 7.89. The first-order chi connectivity index (χ1) is 11.7. The maximum Gasteiger partial charge on any atom is 0.194 e. The Labute approximate surface area is 146 Å². The van der Waals surface area contributed by atoms with E-state index in [1.807, 2.05) is 12.1 Å². The smallest absolute Gasteiger partial charge is 0.194 e. The zero-order chi connectivity index (χ0) is 17.2. The Bertz CT molecular complexity index is 494. The van der Waals surface area contributed by atoms with Gasteiger partial charge in [-0.25, -0.2) is 4.99 Å². The van der Waals surface area contributed by atoms with Gasteiger partial charge < -0.3 is 19.7 Å². The van der Waals surface area contributed by atoms with Gasteiger partial charge >= 0.3 is 0 Å². The van der Waals surface area contributed by atoms with Gasteiger partial charge in [-0.2, -0.15) is 0 Å². The predicted molar refractivity (Wildman–Crippen MR) is 98.6 cm³/mol. The van der Waals surface area contributed by atoms with E-state index in [1.54, 1.807) is 7.11 Å². The molecule has 0 bridgehead atoms. The second-order valence-electron chi connectivity index (χ2n) is 6.32. The minimum Gasteiger partial charge on any atom is -0.491 e. The fourth-order valence-corrected chi connectivity index (χ4v) is 2.75. The summed E-state index contributed by atoms with van der Waals surface area (Å²) >= 11 is 0. The van der Waals surface area contributed by atoms with Gasteiger partial charge in [-0.1, -0.05) is 19.1 Å². The molecule has 2 rings (SSSR count). The number of nitrogens with zero attached hydrogens (tertiary/aromatic N) is 2. The minimum atomic E-state index is 0.575. The molecule has 1 aromatic carbocycles. The van der Waals surface area contributed by atoms with E-state index >= 15 is 0 Å². The van der Waals surface area contributed by atoms with Crippen molar-refractivity contribution in [3.8, 4) is 5.75 Å². The quantitative estimate of drug-likeness (QED) is 0.473. The van der Waals surface area contributed by atoms with Crippen molar-refractivity contribution < 1.29 is 9.47 Å². The molecule has 1 saturated heterocycles. The number of ether oxygens (including phenoxy) is 2. The highest BCUT2D eigenvalue weighted by Crippen LogP contribution is 2.17. The van der Waals surface area contributed by atoms with Crippen LogP contribution in [0.1, 0.15) is 32.3 Å². The molecule has 0 aliphatic carbocycles. The van der Waals surface area contributed by atoms with Crippen molar-refractivity contribution in [2.75, 3.05) is 40.0 Å². The molecule has 1 N–H and O–H groups in total. The number of likely N-dealkylation sites (tertiary alicyclic amines) is 1. The molecule has 24 heavy (non-hydrogen) atoms. The monoisotopic (exact) mass is 333 g/mol.